The van der Waals surface area contributed by atoms with E-state index in [1.807, 2.05) is 17.3 Å². The van der Waals surface area contributed by atoms with E-state index in [2.05, 4.69) is 9.55 Å². The van der Waals surface area contributed by atoms with Crippen molar-refractivity contribution in [2.75, 3.05) is 13.1 Å². The number of nitrogens with zero attached hydrogens (tertiary/aromatic N) is 3. The number of halogens is 2. The summed E-state index contributed by atoms with van der Waals surface area (Å²) in [6.07, 6.45) is 10.4. The molecule has 1 aliphatic heterocycles. The molecule has 1 saturated carbocycles. The monoisotopic (exact) mass is 348 g/mol. The van der Waals surface area contributed by atoms with Gasteiger partial charge in [0.1, 0.15) is 5.82 Å². The second kappa shape index (κ2) is 8.18. The molecular weight excluding hydrogens is 323 g/mol. The zero-order chi connectivity index (χ0) is 14.0. The first-order chi connectivity index (χ1) is 9.72. The fraction of sp³-hybridized carbons (Fsp3) is 0.733. The molecule has 2 N–H and O–H groups in total. The molecule has 0 spiro atoms. The van der Waals surface area contributed by atoms with Crippen molar-refractivity contribution >= 4 is 30.7 Å². The van der Waals surface area contributed by atoms with Crippen LogP contribution in [-0.2, 0) is 17.9 Å². The number of amides is 1. The van der Waals surface area contributed by atoms with Crippen molar-refractivity contribution in [2.45, 2.75) is 51.6 Å². The summed E-state index contributed by atoms with van der Waals surface area (Å²) in [5.74, 6) is 1.25. The maximum atomic E-state index is 12.6. The molecule has 0 aromatic carbocycles. The van der Waals surface area contributed by atoms with Gasteiger partial charge in [0.25, 0.3) is 0 Å². The number of fused-ring (bicyclic) bond motifs is 1. The summed E-state index contributed by atoms with van der Waals surface area (Å²) in [6, 6.07) is 0. The van der Waals surface area contributed by atoms with Crippen molar-refractivity contribution in [2.24, 2.45) is 11.1 Å². The molecule has 2 heterocycles. The number of hydrogen-bond donors (Lipinski definition) is 1. The lowest BCUT2D eigenvalue weighted by molar-refractivity contribution is -0.135. The lowest BCUT2D eigenvalue weighted by Crippen LogP contribution is -2.43. The molecule has 22 heavy (non-hydrogen) atoms. The van der Waals surface area contributed by atoms with Crippen LogP contribution in [0.4, 0.5) is 0 Å². The van der Waals surface area contributed by atoms with Crippen LogP contribution in [0.2, 0.25) is 0 Å². The van der Waals surface area contributed by atoms with Crippen LogP contribution in [0.25, 0.3) is 0 Å². The maximum Gasteiger partial charge on any atom is 0.223 e. The predicted octanol–water partition coefficient (Wildman–Crippen LogP) is 2.37. The quantitative estimate of drug-likeness (QED) is 0.911. The summed E-state index contributed by atoms with van der Waals surface area (Å²) in [5, 5.41) is 0. The van der Waals surface area contributed by atoms with Gasteiger partial charge in [-0.05, 0) is 24.8 Å². The SMILES string of the molecule is Cl.Cl.NCC1(CC(=O)N2CCn3ccnc3C2)CCCCC1. The molecular formula is C15H26Cl2N4O. The van der Waals surface area contributed by atoms with Gasteiger partial charge in [-0.25, -0.2) is 4.98 Å². The molecule has 5 nitrogen and oxygen atoms in total. The summed E-state index contributed by atoms with van der Waals surface area (Å²) in [7, 11) is 0. The number of carbonyl (C=O) groups excluding carboxylic acids is 1. The van der Waals surface area contributed by atoms with Crippen molar-refractivity contribution in [3.63, 3.8) is 0 Å². The van der Waals surface area contributed by atoms with E-state index in [1.54, 1.807) is 0 Å². The van der Waals surface area contributed by atoms with Crippen LogP contribution < -0.4 is 5.73 Å². The van der Waals surface area contributed by atoms with E-state index in [1.165, 1.54) is 19.3 Å². The van der Waals surface area contributed by atoms with Crippen molar-refractivity contribution in [1.82, 2.24) is 14.5 Å². The van der Waals surface area contributed by atoms with E-state index >= 15 is 0 Å². The van der Waals surface area contributed by atoms with Gasteiger partial charge >= 0.3 is 0 Å². The van der Waals surface area contributed by atoms with E-state index in [9.17, 15) is 4.79 Å². The molecule has 1 amide bonds. The van der Waals surface area contributed by atoms with Crippen molar-refractivity contribution in [3.8, 4) is 0 Å². The predicted molar refractivity (Wildman–Crippen MR) is 91.3 cm³/mol. The molecule has 1 fully saturated rings. The van der Waals surface area contributed by atoms with E-state index in [0.29, 0.717) is 19.5 Å². The number of imidazole rings is 1. The number of carbonyl (C=O) groups is 1. The Morgan fingerprint density at radius 3 is 2.64 bits per heavy atom. The molecule has 126 valence electrons. The minimum absolute atomic E-state index is 0. The maximum absolute atomic E-state index is 12.6. The number of nitrogens with two attached hydrogens (primary N) is 1. The highest BCUT2D eigenvalue weighted by Crippen LogP contribution is 2.39. The van der Waals surface area contributed by atoms with E-state index < -0.39 is 0 Å². The third-order valence-electron chi connectivity index (χ3n) is 4.97. The molecule has 0 unspecified atom stereocenters. The van der Waals surface area contributed by atoms with Crippen LogP contribution in [0.3, 0.4) is 0 Å². The Bertz CT molecular complexity index is 486. The van der Waals surface area contributed by atoms with E-state index in [-0.39, 0.29) is 36.1 Å². The highest BCUT2D eigenvalue weighted by Gasteiger charge is 2.35. The smallest absolute Gasteiger partial charge is 0.223 e. The lowest BCUT2D eigenvalue weighted by Gasteiger charge is -2.38. The molecule has 2 aliphatic rings. The Morgan fingerprint density at radius 1 is 1.23 bits per heavy atom. The Morgan fingerprint density at radius 2 is 1.95 bits per heavy atom. The first-order valence-electron chi connectivity index (χ1n) is 7.70. The molecule has 3 rings (SSSR count). The first-order valence-corrected chi connectivity index (χ1v) is 7.70. The molecule has 0 radical (unpaired) electrons. The molecule has 1 aromatic heterocycles. The normalized spacial score (nSPS) is 19.6. The molecule has 0 bridgehead atoms. The Labute approximate surface area is 144 Å². The van der Waals surface area contributed by atoms with Gasteiger partial charge in [0, 0.05) is 31.9 Å². The highest BCUT2D eigenvalue weighted by molar-refractivity contribution is 5.85. The average molecular weight is 349 g/mol. The van der Waals surface area contributed by atoms with E-state index in [4.69, 9.17) is 5.73 Å². The summed E-state index contributed by atoms with van der Waals surface area (Å²) < 4.78 is 2.13. The zero-order valence-electron chi connectivity index (χ0n) is 12.9. The molecule has 0 saturated heterocycles. The number of hydrogen-bond acceptors (Lipinski definition) is 3. The fourth-order valence-corrected chi connectivity index (χ4v) is 3.57. The van der Waals surface area contributed by atoms with Crippen molar-refractivity contribution in [3.05, 3.63) is 18.2 Å². The highest BCUT2D eigenvalue weighted by atomic mass is 35.5. The number of aromatic nitrogens is 2. The second-order valence-corrected chi connectivity index (χ2v) is 6.29. The minimum atomic E-state index is 0. The zero-order valence-corrected chi connectivity index (χ0v) is 14.5. The summed E-state index contributed by atoms with van der Waals surface area (Å²) in [4.78, 5) is 18.9. The Balaban J connectivity index is 0.00000121. The van der Waals surface area contributed by atoms with Crippen molar-refractivity contribution < 1.29 is 4.79 Å². The third-order valence-corrected chi connectivity index (χ3v) is 4.97. The molecule has 1 aromatic rings. The first kappa shape index (κ1) is 19.3. The summed E-state index contributed by atoms with van der Waals surface area (Å²) in [6.45, 7) is 2.94. The van der Waals surface area contributed by atoms with Crippen LogP contribution >= 0.6 is 24.8 Å². The molecule has 0 atom stereocenters. The van der Waals surface area contributed by atoms with Gasteiger partial charge in [-0.1, -0.05) is 19.3 Å². The Hall–Kier alpha value is -0.780. The van der Waals surface area contributed by atoms with E-state index in [0.717, 1.165) is 31.8 Å². The summed E-state index contributed by atoms with van der Waals surface area (Å²) in [5.41, 5.74) is 6.05. The van der Waals surface area contributed by atoms with Crippen LogP contribution in [0.15, 0.2) is 12.4 Å². The standard InChI is InChI=1S/C15H24N4O.2ClH/c16-12-15(4-2-1-3-5-15)10-14(20)19-9-8-18-7-6-17-13(18)11-19;;/h6-7H,1-5,8-12,16H2;2*1H. The van der Waals surface area contributed by atoms with Gasteiger partial charge in [-0.2, -0.15) is 0 Å². The Kier molecular flexibility index (Phi) is 7.16. The van der Waals surface area contributed by atoms with Crippen LogP contribution in [0.5, 0.6) is 0 Å². The largest absolute Gasteiger partial charge is 0.333 e. The van der Waals surface area contributed by atoms with Gasteiger partial charge < -0.3 is 15.2 Å². The van der Waals surface area contributed by atoms with Gasteiger partial charge in [0.2, 0.25) is 5.91 Å². The van der Waals surface area contributed by atoms with Gasteiger partial charge in [0.15, 0.2) is 0 Å². The summed E-state index contributed by atoms with van der Waals surface area (Å²) >= 11 is 0. The second-order valence-electron chi connectivity index (χ2n) is 6.29. The fourth-order valence-electron chi connectivity index (χ4n) is 3.57. The lowest BCUT2D eigenvalue weighted by atomic mass is 9.71. The molecule has 1 aliphatic carbocycles. The third kappa shape index (κ3) is 3.94. The van der Waals surface area contributed by atoms with Crippen LogP contribution in [0, 0.1) is 5.41 Å². The minimum Gasteiger partial charge on any atom is -0.333 e. The topological polar surface area (TPSA) is 64.2 Å². The van der Waals surface area contributed by atoms with Crippen molar-refractivity contribution in [1.29, 1.82) is 0 Å². The van der Waals surface area contributed by atoms with Gasteiger partial charge in [-0.15, -0.1) is 24.8 Å². The van der Waals surface area contributed by atoms with Crippen LogP contribution in [0.1, 0.15) is 44.3 Å². The molecule has 7 heteroatoms. The van der Waals surface area contributed by atoms with Crippen LogP contribution in [-0.4, -0.2) is 33.4 Å². The number of rotatable bonds is 3. The van der Waals surface area contributed by atoms with Gasteiger partial charge in [0.05, 0.1) is 6.54 Å². The van der Waals surface area contributed by atoms with Gasteiger partial charge in [-0.3, -0.25) is 4.79 Å². The average Bonchev–Trinajstić information content (AvgIpc) is 2.95.